The van der Waals surface area contributed by atoms with Gasteiger partial charge in [0.15, 0.2) is 5.82 Å². The van der Waals surface area contributed by atoms with Crippen LogP contribution in [0.15, 0.2) is 10.5 Å². The van der Waals surface area contributed by atoms with Crippen LogP contribution in [0.2, 0.25) is 0 Å². The highest BCUT2D eigenvalue weighted by Crippen LogP contribution is 2.38. The number of rotatable bonds is 1. The largest absolute Gasteiger partial charge is 0.381 e. The summed E-state index contributed by atoms with van der Waals surface area (Å²) in [6.07, 6.45) is 3.82. The van der Waals surface area contributed by atoms with Crippen LogP contribution in [0.1, 0.15) is 30.2 Å². The Kier molecular flexibility index (Phi) is 3.28. The first kappa shape index (κ1) is 10.2. The highest BCUT2D eigenvalue weighted by atomic mass is 79.9. The number of thioether (sulfide) groups is 1. The van der Waals surface area contributed by atoms with Gasteiger partial charge in [0, 0.05) is 5.25 Å². The zero-order chi connectivity index (χ0) is 9.97. The van der Waals surface area contributed by atoms with E-state index >= 15 is 0 Å². The van der Waals surface area contributed by atoms with Crippen molar-refractivity contribution >= 4 is 33.5 Å². The Morgan fingerprint density at radius 2 is 2.29 bits per heavy atom. The first-order valence-electron chi connectivity index (χ1n) is 4.67. The van der Waals surface area contributed by atoms with Crippen molar-refractivity contribution in [2.75, 3.05) is 11.5 Å². The maximum absolute atomic E-state index is 5.59. The first-order chi connectivity index (χ1) is 6.77. The van der Waals surface area contributed by atoms with E-state index in [0.29, 0.717) is 11.1 Å². The van der Waals surface area contributed by atoms with Crippen LogP contribution >= 0.6 is 27.7 Å². The molecule has 2 rings (SSSR count). The van der Waals surface area contributed by atoms with E-state index in [1.807, 2.05) is 17.8 Å². The van der Waals surface area contributed by atoms with E-state index in [2.05, 4.69) is 26.1 Å². The molecule has 1 atom stereocenters. The fourth-order valence-electron chi connectivity index (χ4n) is 1.52. The number of aromatic nitrogens is 2. The number of hydrogen-bond donors (Lipinski definition) is 1. The normalized spacial score (nSPS) is 22.2. The molecule has 1 unspecified atom stereocenters. The molecule has 0 spiro atoms. The third-order valence-electron chi connectivity index (χ3n) is 2.30. The molecule has 14 heavy (non-hydrogen) atoms. The lowest BCUT2D eigenvalue weighted by Crippen LogP contribution is -2.06. The summed E-state index contributed by atoms with van der Waals surface area (Å²) in [7, 11) is 0. The molecule has 1 aromatic heterocycles. The van der Waals surface area contributed by atoms with Crippen LogP contribution in [0.25, 0.3) is 0 Å². The van der Waals surface area contributed by atoms with Crippen LogP contribution in [0.4, 0.5) is 5.82 Å². The van der Waals surface area contributed by atoms with Crippen LogP contribution < -0.4 is 5.73 Å². The van der Waals surface area contributed by atoms with Crippen LogP contribution in [-0.4, -0.2) is 16.0 Å². The van der Waals surface area contributed by atoms with Crippen molar-refractivity contribution in [2.24, 2.45) is 0 Å². The number of nitrogen functional groups attached to an aromatic ring is 1. The molecule has 1 aromatic rings. The van der Waals surface area contributed by atoms with E-state index in [4.69, 9.17) is 5.73 Å². The Balaban J connectivity index is 2.18. The third kappa shape index (κ3) is 2.20. The molecule has 1 saturated heterocycles. The van der Waals surface area contributed by atoms with Gasteiger partial charge in [0.2, 0.25) is 0 Å². The van der Waals surface area contributed by atoms with Crippen LogP contribution in [0, 0.1) is 0 Å². The maximum Gasteiger partial charge on any atom is 0.160 e. The second-order valence-electron chi connectivity index (χ2n) is 3.36. The highest BCUT2D eigenvalue weighted by Gasteiger charge is 2.18. The van der Waals surface area contributed by atoms with Crippen molar-refractivity contribution in [1.29, 1.82) is 0 Å². The van der Waals surface area contributed by atoms with Crippen LogP contribution in [-0.2, 0) is 0 Å². The molecule has 76 valence electrons. The van der Waals surface area contributed by atoms with Gasteiger partial charge in [-0.05, 0) is 40.6 Å². The summed E-state index contributed by atoms with van der Waals surface area (Å²) in [6.45, 7) is 0. The summed E-state index contributed by atoms with van der Waals surface area (Å²) in [5.41, 5.74) is 6.64. The number of nitrogens with two attached hydrogens (primary N) is 1. The van der Waals surface area contributed by atoms with Crippen LogP contribution in [0.5, 0.6) is 0 Å². The summed E-state index contributed by atoms with van der Waals surface area (Å²) in [6, 6.07) is 1.99. The molecule has 0 aromatic carbocycles. The standard InChI is InChI=1S/C9H12BrN3S/c10-6-5-7(12-13-9(6)11)8-3-1-2-4-14-8/h5,8H,1-4H2,(H2,11,13). The van der Waals surface area contributed by atoms with Crippen molar-refractivity contribution in [3.63, 3.8) is 0 Å². The smallest absolute Gasteiger partial charge is 0.160 e. The van der Waals surface area contributed by atoms with Crippen molar-refractivity contribution in [2.45, 2.75) is 24.5 Å². The molecular weight excluding hydrogens is 262 g/mol. The quantitative estimate of drug-likeness (QED) is 0.855. The van der Waals surface area contributed by atoms with Crippen molar-refractivity contribution in [1.82, 2.24) is 10.2 Å². The van der Waals surface area contributed by atoms with Gasteiger partial charge in [0.25, 0.3) is 0 Å². The lowest BCUT2D eigenvalue weighted by molar-refractivity contribution is 0.668. The zero-order valence-electron chi connectivity index (χ0n) is 7.74. The van der Waals surface area contributed by atoms with Gasteiger partial charge < -0.3 is 5.73 Å². The van der Waals surface area contributed by atoms with Gasteiger partial charge in [-0.1, -0.05) is 6.42 Å². The second kappa shape index (κ2) is 4.49. The summed E-state index contributed by atoms with van der Waals surface area (Å²) < 4.78 is 0.855. The van der Waals surface area contributed by atoms with Crippen molar-refractivity contribution < 1.29 is 0 Å². The Morgan fingerprint density at radius 1 is 1.43 bits per heavy atom. The molecule has 5 heteroatoms. The first-order valence-corrected chi connectivity index (χ1v) is 6.52. The lowest BCUT2D eigenvalue weighted by Gasteiger charge is -2.20. The minimum absolute atomic E-state index is 0.467. The summed E-state index contributed by atoms with van der Waals surface area (Å²) in [5.74, 6) is 1.70. The summed E-state index contributed by atoms with van der Waals surface area (Å²) in [4.78, 5) is 0. The molecule has 3 nitrogen and oxygen atoms in total. The predicted molar refractivity (Wildman–Crippen MR) is 63.2 cm³/mol. The molecule has 0 saturated carbocycles. The maximum atomic E-state index is 5.59. The zero-order valence-corrected chi connectivity index (χ0v) is 10.1. The van der Waals surface area contributed by atoms with E-state index < -0.39 is 0 Å². The molecule has 1 aliphatic heterocycles. The average molecular weight is 274 g/mol. The van der Waals surface area contributed by atoms with E-state index in [1.165, 1.54) is 25.0 Å². The van der Waals surface area contributed by atoms with Gasteiger partial charge >= 0.3 is 0 Å². The van der Waals surface area contributed by atoms with E-state index in [0.717, 1.165) is 10.2 Å². The van der Waals surface area contributed by atoms with Gasteiger partial charge in [-0.3, -0.25) is 0 Å². The summed E-state index contributed by atoms with van der Waals surface area (Å²) in [5, 5.41) is 8.57. The van der Waals surface area contributed by atoms with Gasteiger partial charge in [0.05, 0.1) is 10.2 Å². The second-order valence-corrected chi connectivity index (χ2v) is 5.52. The Labute approximate surface area is 96.0 Å². The molecule has 0 amide bonds. The minimum Gasteiger partial charge on any atom is -0.381 e. The molecule has 0 radical (unpaired) electrons. The van der Waals surface area contributed by atoms with Crippen LogP contribution in [0.3, 0.4) is 0 Å². The summed E-state index contributed by atoms with van der Waals surface area (Å²) >= 11 is 5.34. The Morgan fingerprint density at radius 3 is 2.93 bits per heavy atom. The van der Waals surface area contributed by atoms with E-state index in [1.54, 1.807) is 0 Å². The van der Waals surface area contributed by atoms with Crippen molar-refractivity contribution in [3.05, 3.63) is 16.2 Å². The number of hydrogen-bond acceptors (Lipinski definition) is 4. The molecule has 2 N–H and O–H groups in total. The van der Waals surface area contributed by atoms with Gasteiger partial charge in [-0.25, -0.2) is 0 Å². The lowest BCUT2D eigenvalue weighted by atomic mass is 10.1. The average Bonchev–Trinajstić information content (AvgIpc) is 2.23. The number of nitrogens with zero attached hydrogens (tertiary/aromatic N) is 2. The van der Waals surface area contributed by atoms with Gasteiger partial charge in [-0.15, -0.1) is 5.10 Å². The minimum atomic E-state index is 0.467. The fraction of sp³-hybridized carbons (Fsp3) is 0.556. The van der Waals surface area contributed by atoms with E-state index in [9.17, 15) is 0 Å². The SMILES string of the molecule is Nc1nnc(C2CCCCS2)cc1Br. The van der Waals surface area contributed by atoms with Crippen molar-refractivity contribution in [3.8, 4) is 0 Å². The predicted octanol–water partition coefficient (Wildman–Crippen LogP) is 2.78. The van der Waals surface area contributed by atoms with E-state index in [-0.39, 0.29) is 0 Å². The fourth-order valence-corrected chi connectivity index (χ4v) is 3.11. The Bertz CT molecular complexity index is 326. The molecule has 2 heterocycles. The molecule has 1 aliphatic rings. The van der Waals surface area contributed by atoms with Gasteiger partial charge in [-0.2, -0.15) is 16.9 Å². The monoisotopic (exact) mass is 273 g/mol. The number of halogens is 1. The third-order valence-corrected chi connectivity index (χ3v) is 4.34. The molecule has 0 bridgehead atoms. The number of anilines is 1. The Hall–Kier alpha value is -0.290. The topological polar surface area (TPSA) is 51.8 Å². The molecular formula is C9H12BrN3S. The highest BCUT2D eigenvalue weighted by molar-refractivity contribution is 9.10. The molecule has 0 aliphatic carbocycles. The van der Waals surface area contributed by atoms with Gasteiger partial charge in [0.1, 0.15) is 0 Å². The molecule has 1 fully saturated rings.